The highest BCUT2D eigenvalue weighted by Gasteiger charge is 2.39. The van der Waals surface area contributed by atoms with Gasteiger partial charge in [0.2, 0.25) is 0 Å². The molecule has 0 aromatic carbocycles. The van der Waals surface area contributed by atoms with Crippen molar-refractivity contribution in [2.45, 2.75) is 25.0 Å². The van der Waals surface area contributed by atoms with Crippen LogP contribution in [-0.4, -0.2) is 39.8 Å². The fraction of sp³-hybridized carbons (Fsp3) is 0.545. The van der Waals surface area contributed by atoms with Crippen molar-refractivity contribution in [3.8, 4) is 0 Å². The summed E-state index contributed by atoms with van der Waals surface area (Å²) in [6.45, 7) is 1.75. The van der Waals surface area contributed by atoms with E-state index < -0.39 is 11.6 Å². The van der Waals surface area contributed by atoms with Gasteiger partial charge in [0.15, 0.2) is 5.60 Å². The van der Waals surface area contributed by atoms with Crippen molar-refractivity contribution >= 4 is 21.9 Å². The van der Waals surface area contributed by atoms with Crippen LogP contribution in [0.1, 0.15) is 18.6 Å². The van der Waals surface area contributed by atoms with E-state index in [2.05, 4.69) is 20.8 Å². The molecule has 0 bridgehead atoms. The second-order valence-corrected chi connectivity index (χ2v) is 5.26. The molecular weight excluding hydrogens is 290 g/mol. The van der Waals surface area contributed by atoms with E-state index in [4.69, 9.17) is 9.52 Å². The van der Waals surface area contributed by atoms with E-state index in [1.165, 1.54) is 0 Å². The van der Waals surface area contributed by atoms with Crippen molar-refractivity contribution in [1.82, 2.24) is 4.90 Å². The summed E-state index contributed by atoms with van der Waals surface area (Å²) in [7, 11) is 0. The van der Waals surface area contributed by atoms with Gasteiger partial charge >= 0.3 is 5.97 Å². The highest BCUT2D eigenvalue weighted by molar-refractivity contribution is 9.10. The van der Waals surface area contributed by atoms with Crippen LogP contribution in [0.25, 0.3) is 0 Å². The van der Waals surface area contributed by atoms with E-state index in [0.717, 1.165) is 10.2 Å². The standard InChI is InChI=1S/C11H14BrNO4/c12-8-5-9(17-7-8)6-13-3-1-11(16,2-4-13)10(14)15/h5,7,16H,1-4,6H2,(H,14,15). The lowest BCUT2D eigenvalue weighted by Gasteiger charge is -2.34. The first-order valence-corrected chi connectivity index (χ1v) is 6.20. The molecular formula is C11H14BrNO4. The minimum absolute atomic E-state index is 0.254. The number of rotatable bonds is 3. The fourth-order valence-electron chi connectivity index (χ4n) is 1.95. The third kappa shape index (κ3) is 2.88. The Kier molecular flexibility index (Phi) is 3.56. The third-order valence-electron chi connectivity index (χ3n) is 3.08. The quantitative estimate of drug-likeness (QED) is 0.884. The predicted octanol–water partition coefficient (Wildman–Crippen LogP) is 1.45. The van der Waals surface area contributed by atoms with Crippen LogP contribution < -0.4 is 0 Å². The zero-order chi connectivity index (χ0) is 12.5. The number of likely N-dealkylation sites (tertiary alicyclic amines) is 1. The van der Waals surface area contributed by atoms with Crippen LogP contribution in [0.2, 0.25) is 0 Å². The van der Waals surface area contributed by atoms with E-state index in [0.29, 0.717) is 19.6 Å². The highest BCUT2D eigenvalue weighted by atomic mass is 79.9. The Morgan fingerprint density at radius 3 is 2.65 bits per heavy atom. The fourth-order valence-corrected chi connectivity index (χ4v) is 2.30. The Morgan fingerprint density at radius 2 is 2.18 bits per heavy atom. The lowest BCUT2D eigenvalue weighted by molar-refractivity contribution is -0.163. The first-order chi connectivity index (χ1) is 7.99. The summed E-state index contributed by atoms with van der Waals surface area (Å²) in [6, 6.07) is 1.89. The molecule has 1 aliphatic rings. The van der Waals surface area contributed by atoms with E-state index in [-0.39, 0.29) is 12.8 Å². The molecule has 1 saturated heterocycles. The van der Waals surface area contributed by atoms with E-state index in [1.807, 2.05) is 6.07 Å². The molecule has 0 atom stereocenters. The van der Waals surface area contributed by atoms with E-state index in [1.54, 1.807) is 6.26 Å². The van der Waals surface area contributed by atoms with Crippen molar-refractivity contribution in [1.29, 1.82) is 0 Å². The Morgan fingerprint density at radius 1 is 1.53 bits per heavy atom. The van der Waals surface area contributed by atoms with Crippen LogP contribution in [0, 0.1) is 0 Å². The van der Waals surface area contributed by atoms with Gasteiger partial charge in [0, 0.05) is 13.1 Å². The number of hydrogen-bond acceptors (Lipinski definition) is 4. The number of aliphatic hydroxyl groups is 1. The van der Waals surface area contributed by atoms with Crippen molar-refractivity contribution in [3.63, 3.8) is 0 Å². The molecule has 2 heterocycles. The molecule has 0 radical (unpaired) electrons. The lowest BCUT2D eigenvalue weighted by Crippen LogP contribution is -2.49. The van der Waals surface area contributed by atoms with E-state index in [9.17, 15) is 9.90 Å². The van der Waals surface area contributed by atoms with Crippen LogP contribution in [-0.2, 0) is 11.3 Å². The molecule has 0 spiro atoms. The predicted molar refractivity (Wildman–Crippen MR) is 63.5 cm³/mol. The molecule has 94 valence electrons. The van der Waals surface area contributed by atoms with Gasteiger partial charge < -0.3 is 14.6 Å². The number of aliphatic carboxylic acids is 1. The Hall–Kier alpha value is -0.850. The first kappa shape index (κ1) is 12.6. The topological polar surface area (TPSA) is 73.9 Å². The summed E-state index contributed by atoms with van der Waals surface area (Å²) in [4.78, 5) is 12.9. The molecule has 2 N–H and O–H groups in total. The minimum Gasteiger partial charge on any atom is -0.479 e. The van der Waals surface area contributed by atoms with Crippen molar-refractivity contribution < 1.29 is 19.4 Å². The molecule has 0 aliphatic carbocycles. The van der Waals surface area contributed by atoms with Crippen LogP contribution in [0.5, 0.6) is 0 Å². The monoisotopic (exact) mass is 303 g/mol. The highest BCUT2D eigenvalue weighted by Crippen LogP contribution is 2.24. The molecule has 1 aliphatic heterocycles. The number of furan rings is 1. The SMILES string of the molecule is O=C(O)C1(O)CCN(Cc2cc(Br)co2)CC1. The third-order valence-corrected chi connectivity index (χ3v) is 3.50. The summed E-state index contributed by atoms with van der Waals surface area (Å²) < 4.78 is 6.19. The summed E-state index contributed by atoms with van der Waals surface area (Å²) in [5.74, 6) is -0.296. The molecule has 1 fully saturated rings. The largest absolute Gasteiger partial charge is 0.479 e. The van der Waals surface area contributed by atoms with Gasteiger partial charge in [0.25, 0.3) is 0 Å². The molecule has 5 nitrogen and oxygen atoms in total. The second kappa shape index (κ2) is 4.80. The average Bonchev–Trinajstić information content (AvgIpc) is 2.67. The molecule has 0 amide bonds. The van der Waals surface area contributed by atoms with Gasteiger partial charge in [-0.15, -0.1) is 0 Å². The average molecular weight is 304 g/mol. The van der Waals surface area contributed by atoms with Crippen LogP contribution in [0.4, 0.5) is 0 Å². The summed E-state index contributed by atoms with van der Waals surface area (Å²) in [5, 5.41) is 18.7. The van der Waals surface area contributed by atoms with Crippen LogP contribution in [0.15, 0.2) is 21.2 Å². The lowest BCUT2D eigenvalue weighted by atomic mass is 9.91. The van der Waals surface area contributed by atoms with Crippen molar-refractivity contribution in [3.05, 3.63) is 22.6 Å². The second-order valence-electron chi connectivity index (χ2n) is 4.34. The molecule has 2 rings (SSSR count). The Bertz CT molecular complexity index is 409. The number of carboxylic acids is 1. The molecule has 17 heavy (non-hydrogen) atoms. The van der Waals surface area contributed by atoms with Gasteiger partial charge in [-0.3, -0.25) is 4.90 Å². The zero-order valence-electron chi connectivity index (χ0n) is 9.23. The molecule has 0 saturated carbocycles. The summed E-state index contributed by atoms with van der Waals surface area (Å²) in [6.07, 6.45) is 2.13. The van der Waals surface area contributed by atoms with Gasteiger partial charge in [0.1, 0.15) is 12.0 Å². The molecule has 0 unspecified atom stereocenters. The van der Waals surface area contributed by atoms with Crippen LogP contribution in [0.3, 0.4) is 0 Å². The zero-order valence-corrected chi connectivity index (χ0v) is 10.8. The number of nitrogens with zero attached hydrogens (tertiary/aromatic N) is 1. The normalized spacial score (nSPS) is 20.4. The number of piperidine rings is 1. The van der Waals surface area contributed by atoms with Crippen molar-refractivity contribution in [2.75, 3.05) is 13.1 Å². The van der Waals surface area contributed by atoms with Crippen LogP contribution >= 0.6 is 15.9 Å². The number of hydrogen-bond donors (Lipinski definition) is 2. The van der Waals surface area contributed by atoms with E-state index >= 15 is 0 Å². The molecule has 6 heteroatoms. The molecule has 1 aromatic heterocycles. The Labute approximate surface area is 107 Å². The summed E-state index contributed by atoms with van der Waals surface area (Å²) in [5.41, 5.74) is -1.56. The Balaban J connectivity index is 1.89. The number of carboxylic acid groups (broad SMARTS) is 1. The van der Waals surface area contributed by atoms with Gasteiger partial charge in [-0.2, -0.15) is 0 Å². The maximum absolute atomic E-state index is 10.9. The first-order valence-electron chi connectivity index (χ1n) is 5.41. The number of halogens is 1. The maximum Gasteiger partial charge on any atom is 0.335 e. The van der Waals surface area contributed by atoms with Gasteiger partial charge in [-0.1, -0.05) is 0 Å². The van der Waals surface area contributed by atoms with Gasteiger partial charge in [-0.25, -0.2) is 4.79 Å². The van der Waals surface area contributed by atoms with Crippen molar-refractivity contribution in [2.24, 2.45) is 0 Å². The maximum atomic E-state index is 10.9. The molecule has 1 aromatic rings. The van der Waals surface area contributed by atoms with Gasteiger partial charge in [-0.05, 0) is 34.8 Å². The smallest absolute Gasteiger partial charge is 0.335 e. The minimum atomic E-state index is -1.56. The van der Waals surface area contributed by atoms with Gasteiger partial charge in [0.05, 0.1) is 11.0 Å². The summed E-state index contributed by atoms with van der Waals surface area (Å²) >= 11 is 3.30. The number of carbonyl (C=O) groups is 1.